The van der Waals surface area contributed by atoms with Crippen molar-refractivity contribution in [3.63, 3.8) is 0 Å². The van der Waals surface area contributed by atoms with E-state index in [-0.39, 0.29) is 19.4 Å². The number of phosphoric ester groups is 1. The zero-order valence-corrected chi connectivity index (χ0v) is 32.6. The first-order valence-corrected chi connectivity index (χ1v) is 21.2. The van der Waals surface area contributed by atoms with Gasteiger partial charge in [0.15, 0.2) is 6.10 Å². The normalized spacial score (nSPS) is 14.8. The minimum Gasteiger partial charge on any atom is -0.462 e. The summed E-state index contributed by atoms with van der Waals surface area (Å²) in [5.41, 5.74) is 0. The highest BCUT2D eigenvalue weighted by molar-refractivity contribution is 7.47. The number of carbonyl (C=O) groups is 2. The van der Waals surface area contributed by atoms with Gasteiger partial charge in [-0.1, -0.05) is 156 Å². The van der Waals surface area contributed by atoms with Crippen molar-refractivity contribution in [2.45, 2.75) is 194 Å². The molecule has 0 radical (unpaired) electrons. The van der Waals surface area contributed by atoms with Crippen LogP contribution in [0.5, 0.6) is 0 Å². The second-order valence-electron chi connectivity index (χ2n) is 14.4. The summed E-state index contributed by atoms with van der Waals surface area (Å²) in [5, 5.41) is 18.3. The molecule has 49 heavy (non-hydrogen) atoms. The average Bonchev–Trinajstić information content (AvgIpc) is 3.07. The van der Waals surface area contributed by atoms with Crippen LogP contribution in [0.1, 0.15) is 182 Å². The third-order valence-electron chi connectivity index (χ3n) is 8.98. The van der Waals surface area contributed by atoms with E-state index in [2.05, 4.69) is 32.2 Å². The molecule has 0 saturated carbocycles. The van der Waals surface area contributed by atoms with Gasteiger partial charge in [-0.25, -0.2) is 4.57 Å². The van der Waals surface area contributed by atoms with Crippen molar-refractivity contribution in [3.8, 4) is 0 Å². The third kappa shape index (κ3) is 33.9. The molecule has 0 bridgehead atoms. The Hall–Kier alpha value is -1.03. The van der Waals surface area contributed by atoms with E-state index in [4.69, 9.17) is 19.1 Å². The van der Waals surface area contributed by atoms with Crippen LogP contribution in [0.15, 0.2) is 0 Å². The molecule has 0 amide bonds. The standard InChI is InChI=1S/C38H75O10P/c1-5-34(4)26-22-18-15-16-19-23-27-37(41)45-31-36(32-47-49(43,44)46-30-35(40)29-39)48-38(42)28-24-20-14-12-10-8-6-7-9-11-13-17-21-25-33(2)3/h33-36,39-40H,5-32H2,1-4H3,(H,43,44)/t34?,35-,36+/m0/s1. The molecule has 11 heteroatoms. The second kappa shape index (κ2) is 32.8. The smallest absolute Gasteiger partial charge is 0.462 e. The zero-order valence-electron chi connectivity index (χ0n) is 31.8. The van der Waals surface area contributed by atoms with Crippen LogP contribution in [0.25, 0.3) is 0 Å². The van der Waals surface area contributed by atoms with Crippen molar-refractivity contribution in [2.24, 2.45) is 11.8 Å². The van der Waals surface area contributed by atoms with E-state index in [1.165, 1.54) is 89.9 Å². The lowest BCUT2D eigenvalue weighted by Gasteiger charge is -2.20. The van der Waals surface area contributed by atoms with Crippen molar-refractivity contribution >= 4 is 19.8 Å². The van der Waals surface area contributed by atoms with E-state index in [9.17, 15) is 24.2 Å². The monoisotopic (exact) mass is 723 g/mol. The van der Waals surface area contributed by atoms with Crippen LogP contribution < -0.4 is 0 Å². The summed E-state index contributed by atoms with van der Waals surface area (Å²) < 4.78 is 32.6. The summed E-state index contributed by atoms with van der Waals surface area (Å²) in [6.45, 7) is 6.99. The van der Waals surface area contributed by atoms with Gasteiger partial charge >= 0.3 is 19.8 Å². The quantitative estimate of drug-likeness (QED) is 0.0324. The number of rotatable bonds is 36. The lowest BCUT2D eigenvalue weighted by atomic mass is 10.00. The summed E-state index contributed by atoms with van der Waals surface area (Å²) in [5.74, 6) is 0.671. The molecule has 2 unspecified atom stereocenters. The predicted molar refractivity (Wildman–Crippen MR) is 196 cm³/mol. The minimum atomic E-state index is -4.60. The Morgan fingerprint density at radius 1 is 0.612 bits per heavy atom. The van der Waals surface area contributed by atoms with Crippen LogP contribution in [-0.2, 0) is 32.7 Å². The number of ether oxygens (including phenoxy) is 2. The van der Waals surface area contributed by atoms with E-state index in [0.29, 0.717) is 12.8 Å². The number of esters is 2. The molecule has 0 aromatic rings. The highest BCUT2D eigenvalue weighted by Gasteiger charge is 2.27. The fraction of sp³-hybridized carbons (Fsp3) is 0.947. The van der Waals surface area contributed by atoms with Gasteiger partial charge in [0.2, 0.25) is 0 Å². The van der Waals surface area contributed by atoms with Gasteiger partial charge < -0.3 is 24.6 Å². The zero-order chi connectivity index (χ0) is 36.6. The van der Waals surface area contributed by atoms with E-state index < -0.39 is 51.8 Å². The first kappa shape index (κ1) is 48.0. The van der Waals surface area contributed by atoms with Gasteiger partial charge in [-0.2, -0.15) is 0 Å². The van der Waals surface area contributed by atoms with Crippen molar-refractivity contribution in [2.75, 3.05) is 26.4 Å². The number of aliphatic hydroxyl groups is 2. The molecule has 3 N–H and O–H groups in total. The fourth-order valence-corrected chi connectivity index (χ4v) is 6.30. The molecule has 0 aliphatic rings. The van der Waals surface area contributed by atoms with Crippen molar-refractivity contribution in [1.29, 1.82) is 0 Å². The number of hydrogen-bond acceptors (Lipinski definition) is 9. The van der Waals surface area contributed by atoms with Crippen LogP contribution in [0.3, 0.4) is 0 Å². The maximum Gasteiger partial charge on any atom is 0.472 e. The summed E-state index contributed by atoms with van der Waals surface area (Å²) in [6, 6.07) is 0. The van der Waals surface area contributed by atoms with Crippen LogP contribution in [0.4, 0.5) is 0 Å². The Bertz CT molecular complexity index is 824. The van der Waals surface area contributed by atoms with Crippen LogP contribution in [0, 0.1) is 11.8 Å². The second-order valence-corrected chi connectivity index (χ2v) is 15.8. The highest BCUT2D eigenvalue weighted by atomic mass is 31.2. The van der Waals surface area contributed by atoms with Crippen molar-refractivity contribution in [1.82, 2.24) is 0 Å². The summed E-state index contributed by atoms with van der Waals surface area (Å²) in [6.07, 6.45) is 23.8. The fourth-order valence-electron chi connectivity index (χ4n) is 5.51. The predicted octanol–water partition coefficient (Wildman–Crippen LogP) is 9.60. The van der Waals surface area contributed by atoms with Gasteiger partial charge in [0.1, 0.15) is 12.7 Å². The van der Waals surface area contributed by atoms with E-state index in [1.807, 2.05) is 0 Å². The topological polar surface area (TPSA) is 149 Å². The van der Waals surface area contributed by atoms with Gasteiger partial charge in [0.25, 0.3) is 0 Å². The van der Waals surface area contributed by atoms with Crippen LogP contribution in [-0.4, -0.2) is 65.7 Å². The van der Waals surface area contributed by atoms with Gasteiger partial charge in [-0.3, -0.25) is 18.6 Å². The molecule has 0 rings (SSSR count). The number of aliphatic hydroxyl groups excluding tert-OH is 2. The van der Waals surface area contributed by atoms with Crippen LogP contribution >= 0.6 is 7.82 Å². The molecule has 0 saturated heterocycles. The maximum absolute atomic E-state index is 12.6. The Labute approximate surface area is 299 Å². The lowest BCUT2D eigenvalue weighted by Crippen LogP contribution is -2.29. The molecule has 292 valence electrons. The Kier molecular flexibility index (Phi) is 32.2. The molecule has 0 aromatic heterocycles. The number of hydrogen-bond donors (Lipinski definition) is 3. The third-order valence-corrected chi connectivity index (χ3v) is 9.93. The van der Waals surface area contributed by atoms with Crippen LogP contribution in [0.2, 0.25) is 0 Å². The molecular formula is C38H75O10P. The molecule has 0 heterocycles. The Morgan fingerprint density at radius 3 is 1.51 bits per heavy atom. The van der Waals surface area contributed by atoms with Gasteiger partial charge in [0, 0.05) is 12.8 Å². The van der Waals surface area contributed by atoms with E-state index in [1.54, 1.807) is 0 Å². The number of unbranched alkanes of at least 4 members (excludes halogenated alkanes) is 17. The van der Waals surface area contributed by atoms with Crippen molar-refractivity contribution < 1.29 is 47.8 Å². The number of phosphoric acid groups is 1. The molecule has 0 spiro atoms. The maximum atomic E-state index is 12.6. The summed E-state index contributed by atoms with van der Waals surface area (Å²) in [4.78, 5) is 34.8. The molecule has 0 fully saturated rings. The van der Waals surface area contributed by atoms with E-state index in [0.717, 1.165) is 50.4 Å². The average molecular weight is 723 g/mol. The SMILES string of the molecule is CCC(C)CCCCCCCCC(=O)OC[C@H](COP(=O)(O)OC[C@@H](O)CO)OC(=O)CCCCCCCCCCCCCCCC(C)C. The van der Waals surface area contributed by atoms with Gasteiger partial charge in [0.05, 0.1) is 19.8 Å². The molecule has 0 aliphatic carbocycles. The molecule has 0 aliphatic heterocycles. The minimum absolute atomic E-state index is 0.189. The van der Waals surface area contributed by atoms with Crippen molar-refractivity contribution in [3.05, 3.63) is 0 Å². The first-order chi connectivity index (χ1) is 23.5. The molecule has 10 nitrogen and oxygen atoms in total. The Morgan fingerprint density at radius 2 is 1.04 bits per heavy atom. The Balaban J connectivity index is 4.31. The van der Waals surface area contributed by atoms with Gasteiger partial charge in [-0.15, -0.1) is 0 Å². The lowest BCUT2D eigenvalue weighted by molar-refractivity contribution is -0.161. The highest BCUT2D eigenvalue weighted by Crippen LogP contribution is 2.43. The molecule has 0 aromatic carbocycles. The molecule has 4 atom stereocenters. The van der Waals surface area contributed by atoms with Gasteiger partial charge in [-0.05, 0) is 24.7 Å². The summed E-state index contributed by atoms with van der Waals surface area (Å²) >= 11 is 0. The van der Waals surface area contributed by atoms with E-state index >= 15 is 0 Å². The first-order valence-electron chi connectivity index (χ1n) is 19.7. The summed E-state index contributed by atoms with van der Waals surface area (Å²) in [7, 11) is -4.60. The molecular weight excluding hydrogens is 647 g/mol. The number of carbonyl (C=O) groups excluding carboxylic acids is 2. The largest absolute Gasteiger partial charge is 0.472 e.